The number of rotatable bonds is 4. The van der Waals surface area contributed by atoms with E-state index in [1.807, 2.05) is 35.7 Å². The summed E-state index contributed by atoms with van der Waals surface area (Å²) < 4.78 is 2.80. The molecule has 0 saturated heterocycles. The van der Waals surface area contributed by atoms with Crippen LogP contribution in [0.3, 0.4) is 0 Å². The molecule has 2 heterocycles. The van der Waals surface area contributed by atoms with Gasteiger partial charge in [-0.15, -0.1) is 11.3 Å². The smallest absolute Gasteiger partial charge is 0.266 e. The van der Waals surface area contributed by atoms with Gasteiger partial charge in [0.05, 0.1) is 17.6 Å². The van der Waals surface area contributed by atoms with E-state index < -0.39 is 0 Å². The summed E-state index contributed by atoms with van der Waals surface area (Å²) in [5.74, 6) is 0.578. The van der Waals surface area contributed by atoms with Gasteiger partial charge >= 0.3 is 0 Å². The number of nitrogens with zero attached hydrogens (tertiary/aromatic N) is 2. The van der Waals surface area contributed by atoms with Gasteiger partial charge in [-0.1, -0.05) is 34.1 Å². The van der Waals surface area contributed by atoms with Crippen molar-refractivity contribution in [3.63, 3.8) is 0 Å². The lowest BCUT2D eigenvalue weighted by atomic mass is 10.2. The van der Waals surface area contributed by atoms with Crippen molar-refractivity contribution in [1.29, 1.82) is 0 Å². The third kappa shape index (κ3) is 3.40. The number of carbonyl (C=O) groups excluding carboxylic acids is 1. The molecule has 2 aromatic heterocycles. The Morgan fingerprint density at radius 3 is 2.95 bits per heavy atom. The van der Waals surface area contributed by atoms with Gasteiger partial charge in [-0.3, -0.25) is 4.79 Å². The first-order valence-electron chi connectivity index (χ1n) is 6.33. The fraction of sp³-hybridized carbons (Fsp3) is 0.0667. The van der Waals surface area contributed by atoms with Crippen molar-refractivity contribution < 1.29 is 4.79 Å². The van der Waals surface area contributed by atoms with Crippen molar-refractivity contribution in [3.05, 3.63) is 69.0 Å². The van der Waals surface area contributed by atoms with Gasteiger partial charge in [0, 0.05) is 10.5 Å². The van der Waals surface area contributed by atoms with Crippen molar-refractivity contribution in [2.45, 2.75) is 6.54 Å². The molecular weight excluding hydrogens is 350 g/mol. The van der Waals surface area contributed by atoms with Crippen LogP contribution in [0.15, 0.2) is 58.5 Å². The standard InChI is InChI=1S/C15H12BrN3OS/c16-12-4-1-3-11(9-12)10-19-14(6-7-17-19)18-15(20)13-5-2-8-21-13/h1-9H,10H2,(H,18,20). The van der Waals surface area contributed by atoms with Crippen molar-refractivity contribution in [1.82, 2.24) is 9.78 Å². The number of hydrogen-bond donors (Lipinski definition) is 1. The number of carbonyl (C=O) groups is 1. The van der Waals surface area contributed by atoms with Gasteiger partial charge in [-0.25, -0.2) is 4.68 Å². The van der Waals surface area contributed by atoms with Crippen LogP contribution in [0.25, 0.3) is 0 Å². The fourth-order valence-corrected chi connectivity index (χ4v) is 3.02. The van der Waals surface area contributed by atoms with Crippen LogP contribution in [-0.2, 0) is 6.54 Å². The third-order valence-corrected chi connectivity index (χ3v) is 4.29. The highest BCUT2D eigenvalue weighted by atomic mass is 79.9. The Morgan fingerprint density at radius 2 is 2.19 bits per heavy atom. The van der Waals surface area contributed by atoms with E-state index >= 15 is 0 Å². The summed E-state index contributed by atoms with van der Waals surface area (Å²) in [6, 6.07) is 13.5. The van der Waals surface area contributed by atoms with E-state index in [0.717, 1.165) is 10.0 Å². The summed E-state index contributed by atoms with van der Waals surface area (Å²) in [5.41, 5.74) is 1.11. The average molecular weight is 362 g/mol. The van der Waals surface area contributed by atoms with Gasteiger partial charge in [-0.2, -0.15) is 5.10 Å². The predicted molar refractivity (Wildman–Crippen MR) is 87.7 cm³/mol. The zero-order valence-corrected chi connectivity index (χ0v) is 13.4. The Hall–Kier alpha value is -1.92. The molecule has 21 heavy (non-hydrogen) atoms. The van der Waals surface area contributed by atoms with Crippen LogP contribution in [0.2, 0.25) is 0 Å². The third-order valence-electron chi connectivity index (χ3n) is 2.92. The van der Waals surface area contributed by atoms with E-state index in [0.29, 0.717) is 17.2 Å². The van der Waals surface area contributed by atoms with Crippen LogP contribution in [0, 0.1) is 0 Å². The second-order valence-corrected chi connectivity index (χ2v) is 6.30. The van der Waals surface area contributed by atoms with Crippen LogP contribution < -0.4 is 5.32 Å². The molecule has 1 amide bonds. The number of nitrogens with one attached hydrogen (secondary N) is 1. The highest BCUT2D eigenvalue weighted by Crippen LogP contribution is 2.16. The highest BCUT2D eigenvalue weighted by Gasteiger charge is 2.10. The minimum absolute atomic E-state index is 0.110. The number of aromatic nitrogens is 2. The van der Waals surface area contributed by atoms with Crippen LogP contribution in [-0.4, -0.2) is 15.7 Å². The van der Waals surface area contributed by atoms with Gasteiger partial charge in [-0.05, 0) is 29.1 Å². The molecule has 0 unspecified atom stereocenters. The average Bonchev–Trinajstić information content (AvgIpc) is 3.11. The second-order valence-electron chi connectivity index (χ2n) is 4.44. The SMILES string of the molecule is O=C(Nc1ccnn1Cc1cccc(Br)c1)c1cccs1. The van der Waals surface area contributed by atoms with Crippen LogP contribution in [0.1, 0.15) is 15.2 Å². The quantitative estimate of drug-likeness (QED) is 0.762. The maximum atomic E-state index is 12.1. The minimum Gasteiger partial charge on any atom is -0.306 e. The van der Waals surface area contributed by atoms with Gasteiger partial charge in [0.15, 0.2) is 0 Å². The van der Waals surface area contributed by atoms with Crippen molar-refractivity contribution >= 4 is 39.0 Å². The zero-order valence-electron chi connectivity index (χ0n) is 11.0. The van der Waals surface area contributed by atoms with Gasteiger partial charge in [0.2, 0.25) is 0 Å². The summed E-state index contributed by atoms with van der Waals surface area (Å²) in [6.07, 6.45) is 1.68. The molecule has 6 heteroatoms. The number of hydrogen-bond acceptors (Lipinski definition) is 3. The van der Waals surface area contributed by atoms with Crippen LogP contribution in [0.4, 0.5) is 5.82 Å². The monoisotopic (exact) mass is 361 g/mol. The van der Waals surface area contributed by atoms with Crippen molar-refractivity contribution in [3.8, 4) is 0 Å². The normalized spacial score (nSPS) is 10.5. The van der Waals surface area contributed by atoms with Gasteiger partial charge in [0.1, 0.15) is 5.82 Å². The summed E-state index contributed by atoms with van der Waals surface area (Å²) in [6.45, 7) is 0.604. The Kier molecular flexibility index (Phi) is 4.17. The molecule has 0 atom stereocenters. The lowest BCUT2D eigenvalue weighted by Gasteiger charge is -2.08. The van der Waals surface area contributed by atoms with Gasteiger partial charge < -0.3 is 5.32 Å². The molecule has 0 aliphatic carbocycles. The first-order valence-corrected chi connectivity index (χ1v) is 8.01. The summed E-state index contributed by atoms with van der Waals surface area (Å²) in [4.78, 5) is 12.8. The molecular formula is C15H12BrN3OS. The molecule has 1 aromatic carbocycles. The van der Waals surface area contributed by atoms with E-state index in [1.54, 1.807) is 23.0 Å². The number of anilines is 1. The van der Waals surface area contributed by atoms with E-state index in [4.69, 9.17) is 0 Å². The van der Waals surface area contributed by atoms with E-state index in [1.165, 1.54) is 11.3 Å². The van der Waals surface area contributed by atoms with E-state index in [9.17, 15) is 4.79 Å². The Morgan fingerprint density at radius 1 is 1.29 bits per heavy atom. The van der Waals surface area contributed by atoms with Crippen molar-refractivity contribution in [2.24, 2.45) is 0 Å². The Bertz CT molecular complexity index is 752. The molecule has 0 aliphatic heterocycles. The fourth-order valence-electron chi connectivity index (χ4n) is 1.96. The molecule has 0 aliphatic rings. The topological polar surface area (TPSA) is 46.9 Å². The Labute approximate surface area is 134 Å². The molecule has 0 spiro atoms. The number of amides is 1. The lowest BCUT2D eigenvalue weighted by Crippen LogP contribution is -2.15. The van der Waals surface area contributed by atoms with Gasteiger partial charge in [0.25, 0.3) is 5.91 Å². The summed E-state index contributed by atoms with van der Waals surface area (Å²) in [7, 11) is 0. The number of thiophene rings is 1. The minimum atomic E-state index is -0.110. The molecule has 106 valence electrons. The summed E-state index contributed by atoms with van der Waals surface area (Å²) >= 11 is 4.87. The molecule has 3 aromatic rings. The Balaban J connectivity index is 1.76. The molecule has 1 N–H and O–H groups in total. The largest absolute Gasteiger partial charge is 0.306 e. The van der Waals surface area contributed by atoms with Crippen molar-refractivity contribution in [2.75, 3.05) is 5.32 Å². The first-order chi connectivity index (χ1) is 10.2. The lowest BCUT2D eigenvalue weighted by molar-refractivity contribution is 0.102. The highest BCUT2D eigenvalue weighted by molar-refractivity contribution is 9.10. The zero-order chi connectivity index (χ0) is 14.7. The molecule has 0 saturated carbocycles. The van der Waals surface area contributed by atoms with E-state index in [2.05, 4.69) is 26.3 Å². The maximum Gasteiger partial charge on any atom is 0.266 e. The number of halogens is 1. The van der Waals surface area contributed by atoms with Crippen LogP contribution in [0.5, 0.6) is 0 Å². The van der Waals surface area contributed by atoms with Crippen LogP contribution >= 0.6 is 27.3 Å². The molecule has 4 nitrogen and oxygen atoms in total. The van der Waals surface area contributed by atoms with E-state index in [-0.39, 0.29) is 5.91 Å². The summed E-state index contributed by atoms with van der Waals surface area (Å²) in [5, 5.41) is 9.04. The predicted octanol–water partition coefficient (Wildman–Crippen LogP) is 4.01. The second kappa shape index (κ2) is 6.24. The molecule has 0 fully saturated rings. The number of benzene rings is 1. The first kappa shape index (κ1) is 14.0. The molecule has 3 rings (SSSR count). The molecule has 0 bridgehead atoms. The maximum absolute atomic E-state index is 12.1. The molecule has 0 radical (unpaired) electrons.